The summed E-state index contributed by atoms with van der Waals surface area (Å²) in [4.78, 5) is 28.3. The molecule has 9 nitrogen and oxygen atoms in total. The van der Waals surface area contributed by atoms with Crippen molar-refractivity contribution in [3.8, 4) is 22.5 Å². The highest BCUT2D eigenvalue weighted by Gasteiger charge is 2.33. The van der Waals surface area contributed by atoms with Crippen molar-refractivity contribution in [3.63, 3.8) is 0 Å². The highest BCUT2D eigenvalue weighted by molar-refractivity contribution is 7.90. The highest BCUT2D eigenvalue weighted by Crippen LogP contribution is 2.36. The molecule has 0 saturated carbocycles. The quantitative estimate of drug-likeness (QED) is 0.356. The second kappa shape index (κ2) is 9.66. The van der Waals surface area contributed by atoms with Gasteiger partial charge in [-0.3, -0.25) is 9.78 Å². The molecule has 0 bridgehead atoms. The summed E-state index contributed by atoms with van der Waals surface area (Å²) in [6, 6.07) is 18.1. The molecule has 2 heterocycles. The fraction of sp³-hybridized carbons (Fsp3) is 0.192. The largest absolute Gasteiger partial charge is 0.374 e. The summed E-state index contributed by atoms with van der Waals surface area (Å²) in [7, 11) is -3.94. The van der Waals surface area contributed by atoms with E-state index in [-0.39, 0.29) is 23.7 Å². The second-order valence-corrected chi connectivity index (χ2v) is 10.8. The molecule has 11 heteroatoms. The Morgan fingerprint density at radius 1 is 1.03 bits per heavy atom. The zero-order valence-electron chi connectivity index (χ0n) is 19.9. The molecule has 1 aliphatic rings. The Morgan fingerprint density at radius 3 is 2.49 bits per heavy atom. The molecule has 0 aliphatic carbocycles. The third kappa shape index (κ3) is 4.90. The van der Waals surface area contributed by atoms with Gasteiger partial charge in [-0.05, 0) is 36.6 Å². The van der Waals surface area contributed by atoms with Gasteiger partial charge in [-0.2, -0.15) is 5.10 Å². The number of halogens is 1. The van der Waals surface area contributed by atoms with Crippen LogP contribution in [0.1, 0.15) is 12.8 Å². The van der Waals surface area contributed by atoms with Crippen LogP contribution in [-0.2, 0) is 14.6 Å². The number of aromatic amines is 2. The molecule has 1 aliphatic heterocycles. The lowest BCUT2D eigenvalue weighted by Gasteiger charge is -2.33. The lowest BCUT2D eigenvalue weighted by atomic mass is 10.0. The van der Waals surface area contributed by atoms with Gasteiger partial charge in [0.05, 0.1) is 5.69 Å². The number of sulfone groups is 1. The maximum atomic E-state index is 15.8. The number of benzene rings is 3. The zero-order valence-corrected chi connectivity index (χ0v) is 20.7. The number of hydrogen-bond donors (Lipinski definition) is 3. The Kier molecular flexibility index (Phi) is 6.38. The van der Waals surface area contributed by atoms with Gasteiger partial charge in [-0.1, -0.05) is 48.5 Å². The van der Waals surface area contributed by atoms with Crippen molar-refractivity contribution in [2.24, 2.45) is 0 Å². The summed E-state index contributed by atoms with van der Waals surface area (Å²) in [5, 5.41) is 9.42. The van der Waals surface area contributed by atoms with Gasteiger partial charge in [-0.15, -0.1) is 0 Å². The fourth-order valence-corrected chi connectivity index (χ4v) is 5.59. The van der Waals surface area contributed by atoms with Gasteiger partial charge in [0.1, 0.15) is 10.9 Å². The van der Waals surface area contributed by atoms with Crippen LogP contribution in [0.3, 0.4) is 0 Å². The summed E-state index contributed by atoms with van der Waals surface area (Å²) < 4.78 is 41.1. The van der Waals surface area contributed by atoms with E-state index in [1.54, 1.807) is 60.7 Å². The van der Waals surface area contributed by atoms with Gasteiger partial charge in [0.25, 0.3) is 0 Å². The molecule has 1 aromatic heterocycles. The van der Waals surface area contributed by atoms with Crippen LogP contribution in [0.4, 0.5) is 15.8 Å². The molecule has 1 saturated heterocycles. The van der Waals surface area contributed by atoms with Crippen LogP contribution < -0.4 is 15.9 Å². The van der Waals surface area contributed by atoms with Crippen molar-refractivity contribution in [1.82, 2.24) is 15.2 Å². The number of hydrogen-bond acceptors (Lipinski definition) is 6. The van der Waals surface area contributed by atoms with Gasteiger partial charge in [0, 0.05) is 29.6 Å². The number of nitrogens with zero attached hydrogens (tertiary/aromatic N) is 2. The van der Waals surface area contributed by atoms with E-state index >= 15 is 4.39 Å². The molecule has 0 spiro atoms. The van der Waals surface area contributed by atoms with Crippen molar-refractivity contribution in [2.45, 2.75) is 23.8 Å². The highest BCUT2D eigenvalue weighted by atomic mass is 32.2. The lowest BCUT2D eigenvalue weighted by molar-refractivity contribution is -0.120. The van der Waals surface area contributed by atoms with Crippen LogP contribution in [0, 0.1) is 5.82 Å². The van der Waals surface area contributed by atoms with Gasteiger partial charge < -0.3 is 10.2 Å². The summed E-state index contributed by atoms with van der Waals surface area (Å²) >= 11 is 0. The van der Waals surface area contributed by atoms with E-state index in [2.05, 4.69) is 20.5 Å². The Morgan fingerprint density at radius 2 is 1.78 bits per heavy atom. The molecule has 0 radical (unpaired) electrons. The van der Waals surface area contributed by atoms with Crippen LogP contribution in [0.2, 0.25) is 0 Å². The number of carbonyl (C=O) groups is 1. The Hall–Kier alpha value is -4.25. The first-order valence-corrected chi connectivity index (χ1v) is 13.5. The molecule has 1 amide bonds. The monoisotopic (exact) mass is 521 g/mol. The van der Waals surface area contributed by atoms with Crippen LogP contribution in [0.25, 0.3) is 22.5 Å². The third-order valence-corrected chi connectivity index (χ3v) is 7.38. The molecule has 3 N–H and O–H groups in total. The SMILES string of the molecule is CS(=O)(=O)c1c(-c2ccccc2)ccc(N2CCCC(Nc3cccc(-c4n[nH]c(=O)[nH]4)c3)C2=O)c1F. The summed E-state index contributed by atoms with van der Waals surface area (Å²) in [6.45, 7) is 0.260. The maximum absolute atomic E-state index is 15.8. The van der Waals surface area contributed by atoms with Crippen molar-refractivity contribution in [1.29, 1.82) is 0 Å². The van der Waals surface area contributed by atoms with Gasteiger partial charge in [0.15, 0.2) is 21.5 Å². The molecule has 4 aromatic rings. The number of nitrogens with one attached hydrogen (secondary N) is 3. The first kappa shape index (κ1) is 24.4. The second-order valence-electron chi connectivity index (χ2n) is 8.85. The number of rotatable bonds is 6. The van der Waals surface area contributed by atoms with E-state index in [0.29, 0.717) is 35.5 Å². The number of anilines is 2. The average Bonchev–Trinajstić information content (AvgIpc) is 3.32. The molecule has 1 atom stereocenters. The molecule has 1 fully saturated rings. The van der Waals surface area contributed by atoms with Crippen LogP contribution in [0.15, 0.2) is 76.4 Å². The van der Waals surface area contributed by atoms with Gasteiger partial charge in [0.2, 0.25) is 5.91 Å². The predicted molar refractivity (Wildman–Crippen MR) is 139 cm³/mol. The summed E-state index contributed by atoms with van der Waals surface area (Å²) in [5.41, 5.74) is 1.58. The van der Waals surface area contributed by atoms with E-state index in [1.165, 1.54) is 11.0 Å². The molecule has 3 aromatic carbocycles. The molecule has 190 valence electrons. The zero-order chi connectivity index (χ0) is 26.2. The van der Waals surface area contributed by atoms with Crippen LogP contribution in [-0.4, -0.2) is 48.3 Å². The number of aromatic nitrogens is 3. The van der Waals surface area contributed by atoms with E-state index in [0.717, 1.165) is 6.26 Å². The third-order valence-electron chi connectivity index (χ3n) is 6.24. The standard InChI is InChI=1S/C26H24FN5O4S/c1-37(35,36)23-19(16-7-3-2-4-8-16)12-13-21(22(23)27)32-14-6-11-20(25(32)33)28-18-10-5-9-17(15-18)24-29-26(34)31-30-24/h2-5,7-10,12-13,15,20,28H,6,11,14H2,1H3,(H2,29,30,31,34). The molecule has 37 heavy (non-hydrogen) atoms. The van der Waals surface area contributed by atoms with Gasteiger partial charge >= 0.3 is 5.69 Å². The number of H-pyrrole nitrogens is 2. The smallest absolute Gasteiger partial charge is 0.340 e. The molecular weight excluding hydrogens is 497 g/mol. The Bertz CT molecular complexity index is 1630. The van der Waals surface area contributed by atoms with Crippen molar-refractivity contribution in [2.75, 3.05) is 23.0 Å². The molecular formula is C26H24FN5O4S. The van der Waals surface area contributed by atoms with Crippen molar-refractivity contribution >= 4 is 27.1 Å². The minimum atomic E-state index is -3.94. The fourth-order valence-electron chi connectivity index (χ4n) is 4.57. The van der Waals surface area contributed by atoms with E-state index in [4.69, 9.17) is 0 Å². The van der Waals surface area contributed by atoms with Crippen molar-refractivity contribution < 1.29 is 17.6 Å². The topological polar surface area (TPSA) is 128 Å². The number of carbonyl (C=O) groups excluding carboxylic acids is 1. The summed E-state index contributed by atoms with van der Waals surface area (Å²) in [6.07, 6.45) is 2.06. The number of piperidine rings is 1. The predicted octanol–water partition coefficient (Wildman–Crippen LogP) is 3.58. The Balaban J connectivity index is 1.46. The first-order valence-electron chi connectivity index (χ1n) is 11.6. The average molecular weight is 522 g/mol. The normalized spacial score (nSPS) is 16.1. The van der Waals surface area contributed by atoms with Crippen molar-refractivity contribution in [3.05, 3.63) is 83.0 Å². The van der Waals surface area contributed by atoms with Gasteiger partial charge in [-0.25, -0.2) is 22.7 Å². The minimum absolute atomic E-state index is 0.0699. The van der Waals surface area contributed by atoms with E-state index in [1.807, 2.05) is 0 Å². The lowest BCUT2D eigenvalue weighted by Crippen LogP contribution is -2.48. The minimum Gasteiger partial charge on any atom is -0.374 e. The van der Waals surface area contributed by atoms with E-state index in [9.17, 15) is 18.0 Å². The first-order chi connectivity index (χ1) is 17.7. The Labute approximate surface area is 212 Å². The van der Waals surface area contributed by atoms with Crippen LogP contribution in [0.5, 0.6) is 0 Å². The van der Waals surface area contributed by atoms with E-state index < -0.39 is 32.3 Å². The summed E-state index contributed by atoms with van der Waals surface area (Å²) in [5.74, 6) is -0.947. The maximum Gasteiger partial charge on any atom is 0.340 e. The van der Waals surface area contributed by atoms with Crippen LogP contribution >= 0.6 is 0 Å². The molecule has 5 rings (SSSR count). The molecule has 1 unspecified atom stereocenters. The number of amides is 1.